The van der Waals surface area contributed by atoms with E-state index in [9.17, 15) is 13.0 Å². The Kier molecular flexibility index (Phi) is 4.35. The lowest BCUT2D eigenvalue weighted by molar-refractivity contribution is 0.301. The molecule has 0 radical (unpaired) electrons. The fourth-order valence-corrected chi connectivity index (χ4v) is 3.55. The zero-order valence-electron chi connectivity index (χ0n) is 14.1. The highest BCUT2D eigenvalue weighted by molar-refractivity contribution is 7.86. The van der Waals surface area contributed by atoms with Gasteiger partial charge in [0.15, 0.2) is 0 Å². The van der Waals surface area contributed by atoms with Crippen LogP contribution in [-0.4, -0.2) is 28.0 Å². The first kappa shape index (κ1) is 17.2. The number of hydrogen-bond donors (Lipinski definition) is 1. The average Bonchev–Trinajstić information content (AvgIpc) is 3.14. The summed E-state index contributed by atoms with van der Waals surface area (Å²) < 4.78 is 39.9. The van der Waals surface area contributed by atoms with Crippen LogP contribution in [0.1, 0.15) is 5.69 Å². The number of aromatic nitrogens is 3. The first-order valence-corrected chi connectivity index (χ1v) is 9.55. The molecule has 1 aromatic heterocycles. The number of ether oxygens (including phenoxy) is 1. The smallest absolute Gasteiger partial charge is 0.295 e. The summed E-state index contributed by atoms with van der Waals surface area (Å²) in [5.41, 5.74) is 1.28. The fourth-order valence-electron chi connectivity index (χ4n) is 2.85. The van der Waals surface area contributed by atoms with Gasteiger partial charge in [-0.05, 0) is 24.3 Å². The van der Waals surface area contributed by atoms with E-state index in [2.05, 4.69) is 10.3 Å². The highest BCUT2D eigenvalue weighted by Gasteiger charge is 2.16. The van der Waals surface area contributed by atoms with E-state index in [-0.39, 0.29) is 11.5 Å². The van der Waals surface area contributed by atoms with Crippen molar-refractivity contribution in [2.45, 2.75) is 11.5 Å². The molecular formula is C19H15N3O4S. The molecular weight excluding hydrogens is 366 g/mol. The number of hydrogen-bond acceptors (Lipinski definition) is 5. The average molecular weight is 381 g/mol. The molecule has 4 rings (SSSR count). The van der Waals surface area contributed by atoms with Crippen LogP contribution in [-0.2, 0) is 16.7 Å². The van der Waals surface area contributed by atoms with Gasteiger partial charge in [0.05, 0.1) is 11.9 Å². The van der Waals surface area contributed by atoms with Crippen molar-refractivity contribution >= 4 is 20.9 Å². The summed E-state index contributed by atoms with van der Waals surface area (Å²) in [5, 5.41) is 9.27. The standard InChI is InChI=1S/C19H15N3O4S/c23-27(24,25)19-11-5-8-16-17(19)9-4-10-18(16)22-12-14(20-21-22)13-26-15-6-2-1-3-7-15/h1-12H,13H2,(H,23,24,25). The Balaban J connectivity index is 1.68. The molecule has 4 aromatic rings. The molecule has 0 saturated heterocycles. The molecule has 0 fully saturated rings. The second-order valence-corrected chi connectivity index (χ2v) is 7.25. The van der Waals surface area contributed by atoms with Crippen molar-refractivity contribution in [3.8, 4) is 11.4 Å². The Hall–Kier alpha value is -3.23. The molecule has 0 atom stereocenters. The van der Waals surface area contributed by atoms with Crippen molar-refractivity contribution in [3.05, 3.63) is 78.6 Å². The first-order valence-electron chi connectivity index (χ1n) is 8.11. The minimum absolute atomic E-state index is 0.144. The topological polar surface area (TPSA) is 94.3 Å². The third-order valence-electron chi connectivity index (χ3n) is 4.05. The Morgan fingerprint density at radius 1 is 0.926 bits per heavy atom. The van der Waals surface area contributed by atoms with Crippen molar-refractivity contribution in [3.63, 3.8) is 0 Å². The Bertz CT molecular complexity index is 1200. The lowest BCUT2D eigenvalue weighted by Crippen LogP contribution is -2.01. The lowest BCUT2D eigenvalue weighted by Gasteiger charge is -2.08. The quantitative estimate of drug-likeness (QED) is 0.533. The number of rotatable bonds is 5. The molecule has 0 aliphatic rings. The molecule has 3 aromatic carbocycles. The number of nitrogens with zero attached hydrogens (tertiary/aromatic N) is 3. The maximum atomic E-state index is 11.6. The number of para-hydroxylation sites is 1. The monoisotopic (exact) mass is 381 g/mol. The van der Waals surface area contributed by atoms with Crippen LogP contribution in [0.25, 0.3) is 16.5 Å². The highest BCUT2D eigenvalue weighted by atomic mass is 32.2. The summed E-state index contributed by atoms with van der Waals surface area (Å²) in [6.07, 6.45) is 1.72. The minimum atomic E-state index is -4.33. The molecule has 27 heavy (non-hydrogen) atoms. The third kappa shape index (κ3) is 3.53. The molecule has 1 heterocycles. The van der Waals surface area contributed by atoms with Gasteiger partial charge in [-0.2, -0.15) is 8.42 Å². The van der Waals surface area contributed by atoms with Crippen LogP contribution in [0, 0.1) is 0 Å². The predicted octanol–water partition coefficient (Wildman–Crippen LogP) is 3.25. The molecule has 7 nitrogen and oxygen atoms in total. The van der Waals surface area contributed by atoms with Crippen molar-refractivity contribution in [2.75, 3.05) is 0 Å². The van der Waals surface area contributed by atoms with Gasteiger partial charge in [-0.25, -0.2) is 4.68 Å². The maximum Gasteiger partial charge on any atom is 0.295 e. The van der Waals surface area contributed by atoms with Gasteiger partial charge in [-0.15, -0.1) is 5.10 Å². The molecule has 0 unspecified atom stereocenters. The molecule has 136 valence electrons. The van der Waals surface area contributed by atoms with E-state index >= 15 is 0 Å². The summed E-state index contributed by atoms with van der Waals surface area (Å²) >= 11 is 0. The van der Waals surface area contributed by atoms with E-state index in [1.54, 1.807) is 41.2 Å². The molecule has 8 heteroatoms. The molecule has 0 spiro atoms. The molecule has 0 bridgehead atoms. The van der Waals surface area contributed by atoms with E-state index in [1.807, 2.05) is 30.3 Å². The van der Waals surface area contributed by atoms with Crippen LogP contribution >= 0.6 is 0 Å². The maximum absolute atomic E-state index is 11.6. The van der Waals surface area contributed by atoms with Crippen molar-refractivity contribution < 1.29 is 17.7 Å². The summed E-state index contributed by atoms with van der Waals surface area (Å²) in [5.74, 6) is 0.731. The second-order valence-electron chi connectivity index (χ2n) is 5.86. The largest absolute Gasteiger partial charge is 0.487 e. The van der Waals surface area contributed by atoms with E-state index < -0.39 is 10.1 Å². The zero-order chi connectivity index (χ0) is 18.9. The van der Waals surface area contributed by atoms with Crippen LogP contribution in [0.5, 0.6) is 5.75 Å². The van der Waals surface area contributed by atoms with Crippen LogP contribution in [0.4, 0.5) is 0 Å². The molecule has 1 N–H and O–H groups in total. The van der Waals surface area contributed by atoms with Gasteiger partial charge in [-0.1, -0.05) is 47.7 Å². The predicted molar refractivity (Wildman–Crippen MR) is 99.5 cm³/mol. The number of fused-ring (bicyclic) bond motifs is 1. The van der Waals surface area contributed by atoms with E-state index in [4.69, 9.17) is 4.74 Å². The Labute approximate surface area is 155 Å². The van der Waals surface area contributed by atoms with E-state index in [0.717, 1.165) is 5.75 Å². The fraction of sp³-hybridized carbons (Fsp3) is 0.0526. The van der Waals surface area contributed by atoms with Gasteiger partial charge in [0.1, 0.15) is 22.9 Å². The molecule has 0 aliphatic heterocycles. The summed E-state index contributed by atoms with van der Waals surface area (Å²) in [7, 11) is -4.33. The van der Waals surface area contributed by atoms with Crippen molar-refractivity contribution in [1.29, 1.82) is 0 Å². The molecule has 0 aliphatic carbocycles. The zero-order valence-corrected chi connectivity index (χ0v) is 14.9. The van der Waals surface area contributed by atoms with Gasteiger partial charge in [0.2, 0.25) is 0 Å². The van der Waals surface area contributed by atoms with E-state index in [1.165, 1.54) is 6.07 Å². The molecule has 0 amide bonds. The number of benzene rings is 3. The summed E-state index contributed by atoms with van der Waals surface area (Å²) in [6.45, 7) is 0.255. The SMILES string of the molecule is O=S(=O)(O)c1cccc2c(-n3cc(COc4ccccc4)nn3)cccc12. The van der Waals surface area contributed by atoms with Gasteiger partial charge < -0.3 is 4.74 Å². The van der Waals surface area contributed by atoms with Gasteiger partial charge in [0, 0.05) is 10.8 Å². The van der Waals surface area contributed by atoms with Crippen LogP contribution < -0.4 is 4.74 Å². The minimum Gasteiger partial charge on any atom is -0.487 e. The molecule has 0 saturated carbocycles. The first-order chi connectivity index (χ1) is 13.0. The van der Waals surface area contributed by atoms with Crippen LogP contribution in [0.3, 0.4) is 0 Å². The van der Waals surface area contributed by atoms with Gasteiger partial charge in [-0.3, -0.25) is 4.55 Å². The second kappa shape index (κ2) is 6.82. The lowest BCUT2D eigenvalue weighted by atomic mass is 10.1. The normalized spacial score (nSPS) is 11.6. The Morgan fingerprint density at radius 2 is 1.67 bits per heavy atom. The van der Waals surface area contributed by atoms with Gasteiger partial charge >= 0.3 is 0 Å². The van der Waals surface area contributed by atoms with Crippen LogP contribution in [0.15, 0.2) is 77.8 Å². The van der Waals surface area contributed by atoms with Crippen molar-refractivity contribution in [1.82, 2.24) is 15.0 Å². The van der Waals surface area contributed by atoms with Crippen LogP contribution in [0.2, 0.25) is 0 Å². The van der Waals surface area contributed by atoms with Gasteiger partial charge in [0.25, 0.3) is 10.1 Å². The summed E-state index contributed by atoms with van der Waals surface area (Å²) in [6, 6.07) is 19.2. The Morgan fingerprint density at radius 3 is 2.44 bits per heavy atom. The van der Waals surface area contributed by atoms with Crippen molar-refractivity contribution in [2.24, 2.45) is 0 Å². The highest BCUT2D eigenvalue weighted by Crippen LogP contribution is 2.27. The third-order valence-corrected chi connectivity index (χ3v) is 4.97. The summed E-state index contributed by atoms with van der Waals surface area (Å²) in [4.78, 5) is -0.144. The van der Waals surface area contributed by atoms with E-state index in [0.29, 0.717) is 22.2 Å².